The molecule has 1 aromatic rings. The van der Waals surface area contributed by atoms with Crippen molar-refractivity contribution in [3.63, 3.8) is 0 Å². The van der Waals surface area contributed by atoms with E-state index in [1.807, 2.05) is 0 Å². The molecule has 0 aromatic heterocycles. The van der Waals surface area contributed by atoms with Crippen LogP contribution in [-0.4, -0.2) is 43.8 Å². The van der Waals surface area contributed by atoms with Gasteiger partial charge in [0.2, 0.25) is 0 Å². The molecule has 2 amide bonds. The Morgan fingerprint density at radius 2 is 1.89 bits per heavy atom. The number of ether oxygens (including phenoxy) is 3. The first kappa shape index (κ1) is 22.9. The van der Waals surface area contributed by atoms with Gasteiger partial charge in [0.1, 0.15) is 23.2 Å². The minimum atomic E-state index is -1.20. The number of carbonyl (C=O) groups excluding carboxylic acids is 3. The smallest absolute Gasteiger partial charge is 0.408 e. The van der Waals surface area contributed by atoms with Crippen molar-refractivity contribution in [3.8, 4) is 5.75 Å². The molecule has 0 aliphatic rings. The highest BCUT2D eigenvalue weighted by Gasteiger charge is 2.29. The molecule has 1 rings (SSSR count). The maximum absolute atomic E-state index is 14.2. The largest absolute Gasteiger partial charge is 0.496 e. The Kier molecular flexibility index (Phi) is 7.81. The van der Waals surface area contributed by atoms with E-state index in [1.165, 1.54) is 7.11 Å². The Morgan fingerprint density at radius 1 is 1.30 bits per heavy atom. The number of alkyl carbamates (subject to hydrolysis) is 1. The van der Waals surface area contributed by atoms with Crippen molar-refractivity contribution in [2.45, 2.75) is 38.8 Å². The lowest BCUT2D eigenvalue weighted by Gasteiger charge is -2.23. The summed E-state index contributed by atoms with van der Waals surface area (Å²) in [5, 5.41) is 2.38. The zero-order valence-corrected chi connectivity index (χ0v) is 17.8. The van der Waals surface area contributed by atoms with Gasteiger partial charge in [0.05, 0.1) is 23.4 Å². The fraction of sp³-hybridized carbons (Fsp3) is 0.471. The Morgan fingerprint density at radius 3 is 2.33 bits per heavy atom. The van der Waals surface area contributed by atoms with Crippen molar-refractivity contribution >= 4 is 40.6 Å². The first-order valence-electron chi connectivity index (χ1n) is 7.83. The van der Waals surface area contributed by atoms with E-state index in [-0.39, 0.29) is 26.9 Å². The number of carbonyl (C=O) groups is 3. The van der Waals surface area contributed by atoms with E-state index in [0.29, 0.717) is 0 Å². The normalized spacial score (nSPS) is 12.1. The summed E-state index contributed by atoms with van der Waals surface area (Å²) < 4.78 is 29.2. The van der Waals surface area contributed by atoms with E-state index in [2.05, 4.69) is 10.1 Å². The highest BCUT2D eigenvalue weighted by Crippen LogP contribution is 2.31. The van der Waals surface area contributed by atoms with Crippen LogP contribution in [0.5, 0.6) is 5.75 Å². The van der Waals surface area contributed by atoms with Gasteiger partial charge in [-0.1, -0.05) is 0 Å². The van der Waals surface area contributed by atoms with E-state index >= 15 is 0 Å². The molecule has 0 fully saturated rings. The lowest BCUT2D eigenvalue weighted by molar-refractivity contribution is -0.143. The van der Waals surface area contributed by atoms with E-state index in [1.54, 1.807) is 43.4 Å². The lowest BCUT2D eigenvalue weighted by Crippen LogP contribution is -2.45. The van der Waals surface area contributed by atoms with Gasteiger partial charge in [-0.3, -0.25) is 4.79 Å². The van der Waals surface area contributed by atoms with Gasteiger partial charge in [-0.25, -0.2) is 14.0 Å². The zero-order chi connectivity index (χ0) is 20.9. The summed E-state index contributed by atoms with van der Waals surface area (Å²) >= 11 is 1.64. The van der Waals surface area contributed by atoms with Crippen molar-refractivity contribution in [1.82, 2.24) is 5.32 Å². The van der Waals surface area contributed by atoms with Gasteiger partial charge >= 0.3 is 12.1 Å². The van der Waals surface area contributed by atoms with Crippen LogP contribution in [0.3, 0.4) is 0 Å². The summed E-state index contributed by atoms with van der Waals surface area (Å²) in [4.78, 5) is 35.8. The third-order valence-electron chi connectivity index (χ3n) is 3.30. The van der Waals surface area contributed by atoms with E-state index < -0.39 is 35.4 Å². The second-order valence-corrected chi connectivity index (χ2v) is 7.61. The van der Waals surface area contributed by atoms with E-state index in [9.17, 15) is 18.8 Å². The monoisotopic (exact) mass is 496 g/mol. The number of esters is 1. The van der Waals surface area contributed by atoms with Crippen molar-refractivity contribution in [3.05, 3.63) is 26.6 Å². The van der Waals surface area contributed by atoms with Crippen LogP contribution in [0.4, 0.5) is 9.18 Å². The molecule has 27 heavy (non-hydrogen) atoms. The van der Waals surface area contributed by atoms with Crippen LogP contribution in [0, 0.1) is 9.39 Å². The Hall–Kier alpha value is -2.11. The van der Waals surface area contributed by atoms with Crippen LogP contribution in [0.15, 0.2) is 6.07 Å². The first-order valence-corrected chi connectivity index (χ1v) is 8.91. The first-order chi connectivity index (χ1) is 12.4. The lowest BCUT2D eigenvalue weighted by atomic mass is 10.0. The number of hydrogen-bond acceptors (Lipinski definition) is 6. The molecule has 10 heteroatoms. The summed E-state index contributed by atoms with van der Waals surface area (Å²) in [7, 11) is 2.43. The fourth-order valence-electron chi connectivity index (χ4n) is 2.27. The number of primary amides is 1. The minimum Gasteiger partial charge on any atom is -0.496 e. The van der Waals surface area contributed by atoms with Crippen LogP contribution in [0.25, 0.3) is 0 Å². The molecule has 0 saturated carbocycles. The standard InChI is InChI=1S/C17H22FIN2O6/c1-17(2,3)27-16(24)21-10(15(23)26-5)7-8-6-9(18)12(19)11(14(20)22)13(8)25-4/h6,10H,7H2,1-5H3,(H2,20,22)(H,21,24). The molecule has 1 atom stereocenters. The van der Waals surface area contributed by atoms with Crippen LogP contribution in [0.2, 0.25) is 0 Å². The molecular weight excluding hydrogens is 474 g/mol. The molecule has 150 valence electrons. The number of benzene rings is 1. The Labute approximate surface area is 170 Å². The van der Waals surface area contributed by atoms with Gasteiger partial charge in [-0.15, -0.1) is 0 Å². The number of rotatable bonds is 6. The van der Waals surface area contributed by atoms with Crippen LogP contribution < -0.4 is 15.8 Å². The Bertz CT molecular complexity index is 748. The van der Waals surface area contributed by atoms with Gasteiger partial charge in [-0.05, 0) is 49.4 Å². The quantitative estimate of drug-likeness (QED) is 0.461. The summed E-state index contributed by atoms with van der Waals surface area (Å²) in [5.74, 6) is -2.34. The topological polar surface area (TPSA) is 117 Å². The molecule has 0 bridgehead atoms. The maximum atomic E-state index is 14.2. The van der Waals surface area contributed by atoms with Crippen molar-refractivity contribution in [1.29, 1.82) is 0 Å². The summed E-state index contributed by atoms with van der Waals surface area (Å²) in [6.07, 6.45) is -1.05. The van der Waals surface area contributed by atoms with Crippen molar-refractivity contribution in [2.75, 3.05) is 14.2 Å². The van der Waals surface area contributed by atoms with Crippen LogP contribution in [0.1, 0.15) is 36.7 Å². The van der Waals surface area contributed by atoms with E-state index in [0.717, 1.165) is 13.2 Å². The summed E-state index contributed by atoms with van der Waals surface area (Å²) in [5.41, 5.74) is 4.56. The zero-order valence-electron chi connectivity index (χ0n) is 15.6. The maximum Gasteiger partial charge on any atom is 0.408 e. The van der Waals surface area contributed by atoms with Gasteiger partial charge in [0.15, 0.2) is 0 Å². The van der Waals surface area contributed by atoms with Gasteiger partial charge < -0.3 is 25.3 Å². The number of nitrogens with two attached hydrogens (primary N) is 1. The molecule has 1 aromatic carbocycles. The molecule has 3 N–H and O–H groups in total. The average Bonchev–Trinajstić information content (AvgIpc) is 2.53. The highest BCUT2D eigenvalue weighted by atomic mass is 127. The van der Waals surface area contributed by atoms with Crippen LogP contribution >= 0.6 is 22.6 Å². The molecule has 8 nitrogen and oxygen atoms in total. The molecule has 0 heterocycles. The summed E-state index contributed by atoms with van der Waals surface area (Å²) in [6.45, 7) is 4.99. The highest BCUT2D eigenvalue weighted by molar-refractivity contribution is 14.1. The number of nitrogens with one attached hydrogen (secondary N) is 1. The Balaban J connectivity index is 3.28. The molecule has 0 radical (unpaired) electrons. The molecule has 0 aliphatic carbocycles. The fourth-order valence-corrected chi connectivity index (χ4v) is 2.94. The van der Waals surface area contributed by atoms with Gasteiger partial charge in [-0.2, -0.15) is 0 Å². The third kappa shape index (κ3) is 6.22. The number of hydrogen-bond donors (Lipinski definition) is 2. The average molecular weight is 496 g/mol. The molecule has 1 unspecified atom stereocenters. The van der Waals surface area contributed by atoms with Crippen molar-refractivity contribution in [2.24, 2.45) is 5.73 Å². The second kappa shape index (κ2) is 9.20. The predicted molar refractivity (Wildman–Crippen MR) is 103 cm³/mol. The molecular formula is C17H22FIN2O6. The SMILES string of the molecule is COC(=O)C(Cc1cc(F)c(I)c(C(N)=O)c1OC)NC(=O)OC(C)(C)C. The number of halogens is 2. The van der Waals surface area contributed by atoms with Gasteiger partial charge in [0.25, 0.3) is 5.91 Å². The minimum absolute atomic E-state index is 0.00424. The molecule has 0 saturated heterocycles. The number of amides is 2. The van der Waals surface area contributed by atoms with Gasteiger partial charge in [0, 0.05) is 12.0 Å². The molecule has 0 aliphatic heterocycles. The number of methoxy groups -OCH3 is 2. The van der Waals surface area contributed by atoms with Crippen molar-refractivity contribution < 1.29 is 33.0 Å². The van der Waals surface area contributed by atoms with E-state index in [4.69, 9.17) is 15.2 Å². The summed E-state index contributed by atoms with van der Waals surface area (Å²) in [6, 6.07) is -0.0846. The molecule has 0 spiro atoms. The van der Waals surface area contributed by atoms with Crippen LogP contribution in [-0.2, 0) is 20.7 Å². The second-order valence-electron chi connectivity index (χ2n) is 6.53. The third-order valence-corrected chi connectivity index (χ3v) is 4.35. The predicted octanol–water partition coefficient (Wildman–Crippen LogP) is 2.15.